The molecule has 0 unspecified atom stereocenters. The van der Waals surface area contributed by atoms with Crippen molar-refractivity contribution in [1.29, 1.82) is 0 Å². The van der Waals surface area contributed by atoms with Gasteiger partial charge in [-0.15, -0.1) is 0 Å². The number of rotatable bonds is 3. The van der Waals surface area contributed by atoms with Crippen LogP contribution >= 0.6 is 0 Å². The van der Waals surface area contributed by atoms with Gasteiger partial charge in [-0.25, -0.2) is 0 Å². The van der Waals surface area contributed by atoms with E-state index in [1.54, 1.807) is 31.3 Å². The lowest BCUT2D eigenvalue weighted by atomic mass is 10.2. The molecule has 3 N–H and O–H groups in total. The number of benzene rings is 1. The molecule has 0 atom stereocenters. The molecule has 1 amide bonds. The zero-order valence-electron chi connectivity index (χ0n) is 7.11. The highest BCUT2D eigenvalue weighted by molar-refractivity contribution is 5.94. The zero-order chi connectivity index (χ0) is 9.68. The molecule has 1 rings (SSSR count). The minimum absolute atomic E-state index is 0.153. The molecule has 0 fully saturated rings. The van der Waals surface area contributed by atoms with Crippen LogP contribution in [0, 0.1) is 0 Å². The van der Waals surface area contributed by atoms with Gasteiger partial charge in [-0.1, -0.05) is 4.99 Å². The standard InChI is InChI=1S/C8H10N2O3/c1-10-8(11)6-2-4-7(5-3-6)12-13-9/h2-5H,9H2,1H3,(H,10,11). The van der Waals surface area contributed by atoms with Gasteiger partial charge in [0.2, 0.25) is 0 Å². The summed E-state index contributed by atoms with van der Waals surface area (Å²) < 4.78 is 0. The Hall–Kier alpha value is -1.59. The van der Waals surface area contributed by atoms with Crippen LogP contribution in [0.5, 0.6) is 5.75 Å². The number of amides is 1. The molecular formula is C8H10N2O3. The van der Waals surface area contributed by atoms with Gasteiger partial charge >= 0.3 is 0 Å². The molecular weight excluding hydrogens is 172 g/mol. The molecule has 5 heteroatoms. The third kappa shape index (κ3) is 2.43. The van der Waals surface area contributed by atoms with E-state index < -0.39 is 0 Å². The summed E-state index contributed by atoms with van der Waals surface area (Å²) in [6.45, 7) is 0. The summed E-state index contributed by atoms with van der Waals surface area (Å²) in [7, 11) is 1.57. The fourth-order valence-electron chi connectivity index (χ4n) is 0.862. The molecule has 0 aliphatic rings. The lowest BCUT2D eigenvalue weighted by Gasteiger charge is -2.01. The Labute approximate surface area is 75.3 Å². The molecule has 0 radical (unpaired) electrons. The van der Waals surface area contributed by atoms with Gasteiger partial charge in [0, 0.05) is 12.6 Å². The Morgan fingerprint density at radius 1 is 1.38 bits per heavy atom. The minimum atomic E-state index is -0.153. The third-order valence-corrected chi connectivity index (χ3v) is 1.49. The van der Waals surface area contributed by atoms with E-state index in [0.717, 1.165) is 0 Å². The molecule has 1 aromatic carbocycles. The van der Waals surface area contributed by atoms with E-state index in [2.05, 4.69) is 21.1 Å². The highest BCUT2D eigenvalue weighted by Gasteiger charge is 2.02. The monoisotopic (exact) mass is 182 g/mol. The second kappa shape index (κ2) is 4.44. The van der Waals surface area contributed by atoms with Crippen LogP contribution in [0.25, 0.3) is 0 Å². The maximum absolute atomic E-state index is 11.1. The molecule has 0 saturated heterocycles. The van der Waals surface area contributed by atoms with Gasteiger partial charge in [-0.3, -0.25) is 4.79 Å². The zero-order valence-corrected chi connectivity index (χ0v) is 7.11. The first-order valence-corrected chi connectivity index (χ1v) is 3.63. The highest BCUT2D eigenvalue weighted by atomic mass is 17.3. The number of nitrogens with one attached hydrogen (secondary N) is 1. The van der Waals surface area contributed by atoms with Gasteiger partial charge in [0.25, 0.3) is 5.91 Å². The van der Waals surface area contributed by atoms with E-state index in [9.17, 15) is 4.79 Å². The molecule has 0 spiro atoms. The van der Waals surface area contributed by atoms with Crippen molar-refractivity contribution >= 4 is 5.91 Å². The molecule has 0 aliphatic heterocycles. The van der Waals surface area contributed by atoms with E-state index in [4.69, 9.17) is 0 Å². The number of nitrogens with two attached hydrogens (primary N) is 1. The van der Waals surface area contributed by atoms with Gasteiger partial charge in [0.05, 0.1) is 0 Å². The van der Waals surface area contributed by atoms with Crippen LogP contribution in [0.4, 0.5) is 0 Å². The molecule has 13 heavy (non-hydrogen) atoms. The van der Waals surface area contributed by atoms with Crippen molar-refractivity contribution < 1.29 is 14.7 Å². The Bertz CT molecular complexity index is 284. The van der Waals surface area contributed by atoms with Crippen LogP contribution in [0.2, 0.25) is 0 Å². The van der Waals surface area contributed by atoms with Crippen LogP contribution in [0.3, 0.4) is 0 Å². The van der Waals surface area contributed by atoms with Crippen LogP contribution in [0.15, 0.2) is 24.3 Å². The number of carbonyl (C=O) groups excluding carboxylic acids is 1. The maximum atomic E-state index is 11.1. The summed E-state index contributed by atoms with van der Waals surface area (Å²) in [5.74, 6) is 4.97. The second-order valence-corrected chi connectivity index (χ2v) is 2.28. The maximum Gasteiger partial charge on any atom is 0.251 e. The Morgan fingerprint density at radius 2 is 2.00 bits per heavy atom. The summed E-state index contributed by atoms with van der Waals surface area (Å²) in [6, 6.07) is 6.37. The van der Waals surface area contributed by atoms with Crippen LogP contribution in [0.1, 0.15) is 10.4 Å². The summed E-state index contributed by atoms with van der Waals surface area (Å²) in [6.07, 6.45) is 0. The van der Waals surface area contributed by atoms with E-state index >= 15 is 0 Å². The molecule has 0 heterocycles. The van der Waals surface area contributed by atoms with Crippen molar-refractivity contribution in [2.75, 3.05) is 7.05 Å². The molecule has 0 saturated carbocycles. The first-order valence-electron chi connectivity index (χ1n) is 3.63. The summed E-state index contributed by atoms with van der Waals surface area (Å²) >= 11 is 0. The van der Waals surface area contributed by atoms with Crippen molar-refractivity contribution in [3.63, 3.8) is 0 Å². The summed E-state index contributed by atoms with van der Waals surface area (Å²) in [5, 5.41) is 2.50. The number of hydrogen-bond donors (Lipinski definition) is 2. The van der Waals surface area contributed by atoms with Crippen molar-refractivity contribution in [2.45, 2.75) is 0 Å². The Morgan fingerprint density at radius 3 is 2.46 bits per heavy atom. The average molecular weight is 182 g/mol. The van der Waals surface area contributed by atoms with Crippen LogP contribution < -0.4 is 16.1 Å². The van der Waals surface area contributed by atoms with Gasteiger partial charge in [-0.05, 0) is 24.3 Å². The van der Waals surface area contributed by atoms with Crippen molar-refractivity contribution in [3.05, 3.63) is 29.8 Å². The van der Waals surface area contributed by atoms with E-state index in [1.165, 1.54) is 0 Å². The topological polar surface area (TPSA) is 73.6 Å². The van der Waals surface area contributed by atoms with Crippen LogP contribution in [-0.4, -0.2) is 13.0 Å². The highest BCUT2D eigenvalue weighted by Crippen LogP contribution is 2.11. The summed E-state index contributed by atoms with van der Waals surface area (Å²) in [5.41, 5.74) is 0.548. The largest absolute Gasteiger partial charge is 0.355 e. The minimum Gasteiger partial charge on any atom is -0.355 e. The predicted octanol–water partition coefficient (Wildman–Crippen LogP) is 0.230. The molecule has 0 bridgehead atoms. The molecule has 0 aliphatic carbocycles. The van der Waals surface area contributed by atoms with Gasteiger partial charge in [0.15, 0.2) is 5.75 Å². The van der Waals surface area contributed by atoms with E-state index in [1.807, 2.05) is 0 Å². The smallest absolute Gasteiger partial charge is 0.251 e. The number of carbonyl (C=O) groups is 1. The van der Waals surface area contributed by atoms with E-state index in [0.29, 0.717) is 11.3 Å². The van der Waals surface area contributed by atoms with Gasteiger partial charge < -0.3 is 10.2 Å². The van der Waals surface area contributed by atoms with Crippen molar-refractivity contribution in [2.24, 2.45) is 5.90 Å². The first-order chi connectivity index (χ1) is 6.27. The second-order valence-electron chi connectivity index (χ2n) is 2.28. The number of hydrogen-bond acceptors (Lipinski definition) is 4. The molecule has 70 valence electrons. The Balaban J connectivity index is 2.75. The Kier molecular flexibility index (Phi) is 3.24. The third-order valence-electron chi connectivity index (χ3n) is 1.49. The predicted molar refractivity (Wildman–Crippen MR) is 45.7 cm³/mol. The molecule has 5 nitrogen and oxygen atoms in total. The quantitative estimate of drug-likeness (QED) is 0.518. The lowest BCUT2D eigenvalue weighted by molar-refractivity contribution is -0.211. The average Bonchev–Trinajstić information content (AvgIpc) is 2.18. The first kappa shape index (κ1) is 9.50. The molecule has 1 aromatic rings. The fraction of sp³-hybridized carbons (Fsp3) is 0.125. The lowest BCUT2D eigenvalue weighted by Crippen LogP contribution is -2.17. The van der Waals surface area contributed by atoms with E-state index in [-0.39, 0.29) is 5.91 Å². The van der Waals surface area contributed by atoms with Crippen molar-refractivity contribution in [1.82, 2.24) is 5.32 Å². The van der Waals surface area contributed by atoms with Crippen LogP contribution in [-0.2, 0) is 4.99 Å². The SMILES string of the molecule is CNC(=O)c1ccc(OON)cc1. The fourth-order valence-corrected chi connectivity index (χ4v) is 0.862. The normalized spacial score (nSPS) is 9.38. The van der Waals surface area contributed by atoms with Crippen molar-refractivity contribution in [3.8, 4) is 5.75 Å². The summed E-state index contributed by atoms with van der Waals surface area (Å²) in [4.78, 5) is 19.5. The molecule has 0 aromatic heterocycles. The van der Waals surface area contributed by atoms with Gasteiger partial charge in [0.1, 0.15) is 0 Å². The van der Waals surface area contributed by atoms with Gasteiger partial charge in [-0.2, -0.15) is 5.90 Å².